The number of nitrogens with zero attached hydrogens (tertiary/aromatic N) is 1. The van der Waals surface area contributed by atoms with Crippen molar-refractivity contribution in [1.29, 1.82) is 0 Å². The lowest BCUT2D eigenvalue weighted by atomic mass is 9.94. The van der Waals surface area contributed by atoms with E-state index in [0.29, 0.717) is 52.1 Å². The fourth-order valence-electron chi connectivity index (χ4n) is 6.05. The van der Waals surface area contributed by atoms with Crippen LogP contribution >= 0.6 is 11.6 Å². The summed E-state index contributed by atoms with van der Waals surface area (Å²) in [7, 11) is 1.56. The van der Waals surface area contributed by atoms with E-state index in [0.717, 1.165) is 25.1 Å². The number of nitrogens with one attached hydrogen (secondary N) is 2. The Hall–Kier alpha value is -4.70. The van der Waals surface area contributed by atoms with E-state index in [9.17, 15) is 14.0 Å². The number of hydrogen-bond donors (Lipinski definition) is 2. The van der Waals surface area contributed by atoms with Crippen LogP contribution in [0.1, 0.15) is 62.0 Å². The van der Waals surface area contributed by atoms with E-state index in [1.807, 2.05) is 63.2 Å². The van der Waals surface area contributed by atoms with Crippen LogP contribution < -0.4 is 25.0 Å². The third kappa shape index (κ3) is 10.4. The molecule has 274 valence electrons. The molecule has 0 spiro atoms. The second kappa shape index (κ2) is 18.2. The Labute approximate surface area is 310 Å². The maximum Gasteiger partial charge on any atom is 0.256 e. The second-order valence-corrected chi connectivity index (χ2v) is 14.3. The Morgan fingerprint density at radius 1 is 1.00 bits per heavy atom. The summed E-state index contributed by atoms with van der Waals surface area (Å²) >= 11 is 6.58. The number of fused-ring (bicyclic) bond motifs is 1. The van der Waals surface area contributed by atoms with Gasteiger partial charge in [0.15, 0.2) is 11.5 Å². The Balaban J connectivity index is 1.36. The van der Waals surface area contributed by atoms with Crippen molar-refractivity contribution in [2.45, 2.75) is 52.4 Å². The number of methoxy groups -OCH3 is 1. The van der Waals surface area contributed by atoms with Crippen molar-refractivity contribution in [2.24, 2.45) is 5.41 Å². The van der Waals surface area contributed by atoms with Gasteiger partial charge in [-0.2, -0.15) is 0 Å². The third-order valence-corrected chi connectivity index (χ3v) is 8.70. The first kappa shape index (κ1) is 38.5. The van der Waals surface area contributed by atoms with Crippen LogP contribution in [0.25, 0.3) is 6.08 Å². The largest absolute Gasteiger partial charge is 0.492 e. The molecule has 8 nitrogen and oxygen atoms in total. The zero-order valence-electron chi connectivity index (χ0n) is 30.2. The Bertz CT molecular complexity index is 1850. The minimum absolute atomic E-state index is 0.0233. The molecular formula is C42H47ClFN3O5. The molecule has 0 fully saturated rings. The molecule has 2 unspecified atom stereocenters. The van der Waals surface area contributed by atoms with Crippen molar-refractivity contribution in [1.82, 2.24) is 10.6 Å². The molecule has 0 bridgehead atoms. The van der Waals surface area contributed by atoms with Gasteiger partial charge in [-0.15, -0.1) is 0 Å². The lowest BCUT2D eigenvalue weighted by molar-refractivity contribution is -0.138. The van der Waals surface area contributed by atoms with E-state index in [2.05, 4.69) is 34.9 Å². The van der Waals surface area contributed by atoms with Crippen molar-refractivity contribution in [2.75, 3.05) is 38.3 Å². The number of rotatable bonds is 15. The predicted octanol–water partition coefficient (Wildman–Crippen LogP) is 8.13. The summed E-state index contributed by atoms with van der Waals surface area (Å²) in [6.07, 6.45) is 2.63. The molecule has 2 N–H and O–H groups in total. The Kier molecular flexibility index (Phi) is 13.5. The lowest BCUT2D eigenvalue weighted by Gasteiger charge is -2.31. The van der Waals surface area contributed by atoms with Crippen LogP contribution in [0.15, 0.2) is 97.1 Å². The van der Waals surface area contributed by atoms with E-state index in [4.69, 9.17) is 25.8 Å². The number of carbonyl (C=O) groups is 2. The van der Waals surface area contributed by atoms with E-state index in [1.165, 1.54) is 6.07 Å². The number of ether oxygens (including phenoxy) is 3. The maximum atomic E-state index is 14.3. The second-order valence-electron chi connectivity index (χ2n) is 13.9. The molecule has 4 aromatic rings. The van der Waals surface area contributed by atoms with E-state index < -0.39 is 23.9 Å². The molecule has 0 aromatic heterocycles. The minimum Gasteiger partial charge on any atom is -0.492 e. The van der Waals surface area contributed by atoms with Gasteiger partial charge in [0.25, 0.3) is 5.91 Å². The predicted molar refractivity (Wildman–Crippen MR) is 204 cm³/mol. The summed E-state index contributed by atoms with van der Waals surface area (Å²) in [6.45, 7) is 8.38. The molecular weight excluding hydrogens is 681 g/mol. The molecule has 10 heteroatoms. The first-order valence-electron chi connectivity index (χ1n) is 17.5. The van der Waals surface area contributed by atoms with Crippen LogP contribution in [0.2, 0.25) is 5.02 Å². The molecule has 0 saturated heterocycles. The number of amides is 2. The van der Waals surface area contributed by atoms with Gasteiger partial charge in [0.2, 0.25) is 5.91 Å². The van der Waals surface area contributed by atoms with Crippen LogP contribution in [-0.2, 0) is 20.9 Å². The Morgan fingerprint density at radius 3 is 2.52 bits per heavy atom. The molecule has 4 aromatic carbocycles. The maximum absolute atomic E-state index is 14.3. The van der Waals surface area contributed by atoms with Crippen molar-refractivity contribution < 1.29 is 28.2 Å². The highest BCUT2D eigenvalue weighted by Crippen LogP contribution is 2.45. The topological polar surface area (TPSA) is 89.1 Å². The lowest BCUT2D eigenvalue weighted by Crippen LogP contribution is -2.45. The number of benzene rings is 4. The van der Waals surface area contributed by atoms with Crippen molar-refractivity contribution in [3.05, 3.63) is 130 Å². The summed E-state index contributed by atoms with van der Waals surface area (Å²) in [5.41, 5.74) is 3.11. The standard InChI is InChI=1S/C42H47ClFN3O5/c1-42(2,3)28-47-35-21-20-31(43)25-33(35)39(52-37(41(47)49)26-38(48)46-27-30-16-8-9-18-34(30)44)32-17-10-19-36(40(32)50-4)51-24-12-23-45-22-11-15-29-13-6-5-7-14-29/h5-11,13-21,25,37,39,45H,12,22-24,26-28H2,1-4H3,(H,46,48)/b15-11+. The highest BCUT2D eigenvalue weighted by atomic mass is 35.5. The van der Waals surface area contributed by atoms with Crippen LogP contribution in [0.5, 0.6) is 11.5 Å². The zero-order valence-corrected chi connectivity index (χ0v) is 30.9. The van der Waals surface area contributed by atoms with Gasteiger partial charge in [0, 0.05) is 47.0 Å². The van der Waals surface area contributed by atoms with Crippen LogP contribution in [0.3, 0.4) is 0 Å². The van der Waals surface area contributed by atoms with E-state index in [-0.39, 0.29) is 24.3 Å². The molecule has 1 heterocycles. The number of anilines is 1. The first-order chi connectivity index (χ1) is 25.0. The first-order valence-corrected chi connectivity index (χ1v) is 17.9. The van der Waals surface area contributed by atoms with Gasteiger partial charge in [-0.3, -0.25) is 9.59 Å². The summed E-state index contributed by atoms with van der Waals surface area (Å²) in [5, 5.41) is 6.63. The molecule has 0 saturated carbocycles. The molecule has 0 aliphatic carbocycles. The number of carbonyl (C=O) groups excluding carboxylic acids is 2. The summed E-state index contributed by atoms with van der Waals surface area (Å²) in [4.78, 5) is 29.3. The normalized spacial score (nSPS) is 16.0. The fourth-order valence-corrected chi connectivity index (χ4v) is 6.24. The number of hydrogen-bond acceptors (Lipinski definition) is 6. The van der Waals surface area contributed by atoms with Gasteiger partial charge >= 0.3 is 0 Å². The van der Waals surface area contributed by atoms with Gasteiger partial charge in [-0.05, 0) is 54.3 Å². The van der Waals surface area contributed by atoms with Gasteiger partial charge < -0.3 is 29.7 Å². The highest BCUT2D eigenvalue weighted by molar-refractivity contribution is 6.30. The highest BCUT2D eigenvalue weighted by Gasteiger charge is 2.40. The van der Waals surface area contributed by atoms with Crippen molar-refractivity contribution in [3.63, 3.8) is 0 Å². The van der Waals surface area contributed by atoms with Gasteiger partial charge in [-0.25, -0.2) is 4.39 Å². The van der Waals surface area contributed by atoms with Crippen LogP contribution in [0.4, 0.5) is 10.1 Å². The van der Waals surface area contributed by atoms with Crippen LogP contribution in [-0.4, -0.2) is 51.3 Å². The quantitative estimate of drug-likeness (QED) is 0.120. The molecule has 2 atom stereocenters. The summed E-state index contributed by atoms with van der Waals surface area (Å²) in [5.74, 6) is -0.253. The van der Waals surface area contributed by atoms with Crippen molar-refractivity contribution >= 4 is 35.2 Å². The average Bonchev–Trinajstić information content (AvgIpc) is 3.22. The number of para-hydroxylation sites is 1. The summed E-state index contributed by atoms with van der Waals surface area (Å²) < 4.78 is 33.1. The van der Waals surface area contributed by atoms with E-state index in [1.54, 1.807) is 42.3 Å². The molecule has 0 radical (unpaired) electrons. The molecule has 1 aliphatic rings. The smallest absolute Gasteiger partial charge is 0.256 e. The van der Waals surface area contributed by atoms with Crippen LogP contribution in [0, 0.1) is 11.2 Å². The minimum atomic E-state index is -1.17. The summed E-state index contributed by atoms with van der Waals surface area (Å²) in [6, 6.07) is 27.3. The zero-order chi connectivity index (χ0) is 37.1. The van der Waals surface area contributed by atoms with E-state index >= 15 is 0 Å². The Morgan fingerprint density at radius 2 is 1.77 bits per heavy atom. The molecule has 5 rings (SSSR count). The molecule has 2 amide bonds. The fraction of sp³-hybridized carbons (Fsp3) is 0.333. The van der Waals surface area contributed by atoms with Crippen molar-refractivity contribution in [3.8, 4) is 11.5 Å². The van der Waals surface area contributed by atoms with Gasteiger partial charge in [-0.1, -0.05) is 105 Å². The molecule has 1 aliphatic heterocycles. The molecule has 52 heavy (non-hydrogen) atoms. The average molecular weight is 728 g/mol. The third-order valence-electron chi connectivity index (χ3n) is 8.47. The monoisotopic (exact) mass is 727 g/mol. The van der Waals surface area contributed by atoms with Gasteiger partial charge in [0.05, 0.1) is 20.1 Å². The van der Waals surface area contributed by atoms with Gasteiger partial charge in [0.1, 0.15) is 18.0 Å². The SMILES string of the molecule is COc1c(OCCCNC/C=C/c2ccccc2)cccc1C1OC(CC(=O)NCc2ccccc2F)C(=O)N(CC(C)(C)C)c2ccc(Cl)cc21. The number of halogens is 2.